The first-order valence-corrected chi connectivity index (χ1v) is 6.24. The third kappa shape index (κ3) is 2.02. The summed E-state index contributed by atoms with van der Waals surface area (Å²) in [6.07, 6.45) is 3.61. The molecule has 1 aromatic rings. The van der Waals surface area contributed by atoms with Crippen LogP contribution in [0.2, 0.25) is 0 Å². The zero-order chi connectivity index (χ0) is 9.26. The normalized spacial score (nSPS) is 19.3. The average molecular weight is 259 g/mol. The number of hydrogen-bond acceptors (Lipinski definition) is 2. The van der Waals surface area contributed by atoms with E-state index in [1.165, 1.54) is 10.0 Å². The van der Waals surface area contributed by atoms with Gasteiger partial charge in [0.25, 0.3) is 0 Å². The molecule has 70 valence electrons. The van der Waals surface area contributed by atoms with Crippen LogP contribution in [0.5, 0.6) is 0 Å². The topological polar surface area (TPSA) is 17.1 Å². The van der Waals surface area contributed by atoms with E-state index in [9.17, 15) is 4.79 Å². The molecule has 2 rings (SSSR count). The number of carbonyl (C=O) groups is 1. The molecule has 1 aliphatic carbocycles. The lowest BCUT2D eigenvalue weighted by Gasteiger charge is -2.20. The minimum absolute atomic E-state index is 0.433. The van der Waals surface area contributed by atoms with Gasteiger partial charge in [0.2, 0.25) is 0 Å². The molecule has 1 aliphatic rings. The maximum atomic E-state index is 11.1. The van der Waals surface area contributed by atoms with Crippen LogP contribution < -0.4 is 0 Å². The van der Waals surface area contributed by atoms with Crippen molar-refractivity contribution in [2.45, 2.75) is 31.6 Å². The second-order valence-electron chi connectivity index (χ2n) is 3.49. The monoisotopic (exact) mass is 258 g/mol. The zero-order valence-electron chi connectivity index (χ0n) is 7.25. The van der Waals surface area contributed by atoms with Gasteiger partial charge in [0.1, 0.15) is 5.78 Å². The van der Waals surface area contributed by atoms with Crippen molar-refractivity contribution in [1.29, 1.82) is 0 Å². The minimum Gasteiger partial charge on any atom is -0.300 e. The van der Waals surface area contributed by atoms with Gasteiger partial charge < -0.3 is 0 Å². The first kappa shape index (κ1) is 9.41. The smallest absolute Gasteiger partial charge is 0.132 e. The molecule has 0 aromatic carbocycles. The first-order valence-electron chi connectivity index (χ1n) is 4.50. The van der Waals surface area contributed by atoms with Crippen LogP contribution in [0.3, 0.4) is 0 Å². The number of carbonyl (C=O) groups excluding carboxylic acids is 1. The highest BCUT2D eigenvalue weighted by Crippen LogP contribution is 2.36. The van der Waals surface area contributed by atoms with Crippen LogP contribution in [0.25, 0.3) is 0 Å². The Morgan fingerprint density at radius 2 is 2.00 bits per heavy atom. The van der Waals surface area contributed by atoms with Gasteiger partial charge in [-0.1, -0.05) is 0 Å². The third-order valence-corrected chi connectivity index (χ3v) is 4.38. The van der Waals surface area contributed by atoms with Crippen LogP contribution in [0.1, 0.15) is 37.2 Å². The molecule has 0 unspecified atom stereocenters. The van der Waals surface area contributed by atoms with E-state index in [1.54, 1.807) is 11.3 Å². The molecule has 0 amide bonds. The van der Waals surface area contributed by atoms with Crippen molar-refractivity contribution in [2.24, 2.45) is 0 Å². The van der Waals surface area contributed by atoms with Crippen molar-refractivity contribution in [1.82, 2.24) is 0 Å². The summed E-state index contributed by atoms with van der Waals surface area (Å²) in [5.74, 6) is 1.04. The van der Waals surface area contributed by atoms with Gasteiger partial charge in [0.15, 0.2) is 0 Å². The van der Waals surface area contributed by atoms with E-state index in [1.807, 2.05) is 0 Å². The summed E-state index contributed by atoms with van der Waals surface area (Å²) in [5.41, 5.74) is 1.40. The summed E-state index contributed by atoms with van der Waals surface area (Å²) in [6.45, 7) is 0. The standard InChI is InChI=1S/C10H11BrOS/c11-10-6-13-5-9(10)7-1-3-8(12)4-2-7/h5-7H,1-4H2. The van der Waals surface area contributed by atoms with E-state index in [-0.39, 0.29) is 0 Å². The molecule has 0 spiro atoms. The van der Waals surface area contributed by atoms with Gasteiger partial charge in [-0.05, 0) is 45.6 Å². The van der Waals surface area contributed by atoms with Gasteiger partial charge in [-0.3, -0.25) is 4.79 Å². The molecule has 13 heavy (non-hydrogen) atoms. The van der Waals surface area contributed by atoms with Crippen molar-refractivity contribution >= 4 is 33.0 Å². The summed E-state index contributed by atoms with van der Waals surface area (Å²) < 4.78 is 1.22. The van der Waals surface area contributed by atoms with Crippen LogP contribution in [0, 0.1) is 0 Å². The predicted octanol–water partition coefficient (Wildman–Crippen LogP) is 3.74. The number of Topliss-reactive ketones (excluding diaryl/α,β-unsaturated/α-hetero) is 1. The number of halogens is 1. The molecule has 1 fully saturated rings. The molecule has 0 bridgehead atoms. The lowest BCUT2D eigenvalue weighted by atomic mass is 9.85. The van der Waals surface area contributed by atoms with Crippen molar-refractivity contribution in [3.63, 3.8) is 0 Å². The molecule has 3 heteroatoms. The molecule has 0 saturated heterocycles. The van der Waals surface area contributed by atoms with Gasteiger partial charge in [-0.15, -0.1) is 0 Å². The molecule has 1 saturated carbocycles. The van der Waals surface area contributed by atoms with E-state index >= 15 is 0 Å². The molecule has 1 aromatic heterocycles. The molecule has 0 N–H and O–H groups in total. The highest BCUT2D eigenvalue weighted by molar-refractivity contribution is 9.10. The molecule has 0 radical (unpaired) electrons. The van der Waals surface area contributed by atoms with Crippen molar-refractivity contribution in [3.8, 4) is 0 Å². The van der Waals surface area contributed by atoms with E-state index < -0.39 is 0 Å². The predicted molar refractivity (Wildman–Crippen MR) is 58.2 cm³/mol. The van der Waals surface area contributed by atoms with Gasteiger partial charge in [-0.2, -0.15) is 11.3 Å². The fraction of sp³-hybridized carbons (Fsp3) is 0.500. The highest BCUT2D eigenvalue weighted by atomic mass is 79.9. The molecular formula is C10H11BrOS. The summed E-state index contributed by atoms with van der Waals surface area (Å²) in [4.78, 5) is 11.1. The minimum atomic E-state index is 0.433. The maximum Gasteiger partial charge on any atom is 0.132 e. The van der Waals surface area contributed by atoms with Crippen LogP contribution in [0.15, 0.2) is 15.2 Å². The Hall–Kier alpha value is -0.150. The Morgan fingerprint density at radius 3 is 2.54 bits per heavy atom. The van der Waals surface area contributed by atoms with Gasteiger partial charge in [0.05, 0.1) is 0 Å². The quantitative estimate of drug-likeness (QED) is 0.750. The van der Waals surface area contributed by atoms with Crippen molar-refractivity contribution in [3.05, 3.63) is 20.8 Å². The third-order valence-electron chi connectivity index (χ3n) is 2.63. The average Bonchev–Trinajstić information content (AvgIpc) is 2.53. The molecule has 1 heterocycles. The summed E-state index contributed by atoms with van der Waals surface area (Å²) in [5, 5.41) is 4.32. The number of ketones is 1. The second kappa shape index (κ2) is 3.93. The second-order valence-corrected chi connectivity index (χ2v) is 5.09. The van der Waals surface area contributed by atoms with E-state index in [4.69, 9.17) is 0 Å². The Morgan fingerprint density at radius 1 is 1.31 bits per heavy atom. The van der Waals surface area contributed by atoms with E-state index in [0.717, 1.165) is 25.7 Å². The zero-order valence-corrected chi connectivity index (χ0v) is 9.66. The van der Waals surface area contributed by atoms with Gasteiger partial charge in [0, 0.05) is 22.7 Å². The van der Waals surface area contributed by atoms with Crippen LogP contribution >= 0.6 is 27.3 Å². The van der Waals surface area contributed by atoms with E-state index in [2.05, 4.69) is 26.7 Å². The Balaban J connectivity index is 2.10. The lowest BCUT2D eigenvalue weighted by Crippen LogP contribution is -2.11. The Labute approximate surface area is 90.3 Å². The van der Waals surface area contributed by atoms with E-state index in [0.29, 0.717) is 11.7 Å². The fourth-order valence-corrected chi connectivity index (χ4v) is 3.54. The summed E-state index contributed by atoms with van der Waals surface area (Å²) in [7, 11) is 0. The number of rotatable bonds is 1. The first-order chi connectivity index (χ1) is 6.27. The van der Waals surface area contributed by atoms with Gasteiger partial charge in [-0.25, -0.2) is 0 Å². The molecule has 1 nitrogen and oxygen atoms in total. The largest absolute Gasteiger partial charge is 0.300 e. The molecular weight excluding hydrogens is 248 g/mol. The Kier molecular flexibility index (Phi) is 2.84. The fourth-order valence-electron chi connectivity index (χ4n) is 1.83. The molecule has 0 atom stereocenters. The number of hydrogen-bond donors (Lipinski definition) is 0. The summed E-state index contributed by atoms with van der Waals surface area (Å²) >= 11 is 5.27. The van der Waals surface area contributed by atoms with Crippen LogP contribution in [-0.4, -0.2) is 5.78 Å². The molecule has 0 aliphatic heterocycles. The number of thiophene rings is 1. The lowest BCUT2D eigenvalue weighted by molar-refractivity contribution is -0.120. The Bertz CT molecular complexity index is 308. The van der Waals surface area contributed by atoms with Crippen LogP contribution in [0.4, 0.5) is 0 Å². The highest BCUT2D eigenvalue weighted by Gasteiger charge is 2.21. The SMILES string of the molecule is O=C1CCC(c2cscc2Br)CC1. The van der Waals surface area contributed by atoms with Crippen molar-refractivity contribution < 1.29 is 4.79 Å². The maximum absolute atomic E-state index is 11.1. The summed E-state index contributed by atoms with van der Waals surface area (Å²) in [6, 6.07) is 0. The van der Waals surface area contributed by atoms with Gasteiger partial charge >= 0.3 is 0 Å². The van der Waals surface area contributed by atoms with Crippen molar-refractivity contribution in [2.75, 3.05) is 0 Å². The van der Waals surface area contributed by atoms with Crippen LogP contribution in [-0.2, 0) is 4.79 Å².